The molecule has 154 valence electrons. The zero-order chi connectivity index (χ0) is 20.6. The Kier molecular flexibility index (Phi) is 7.43. The molecule has 1 heterocycles. The van der Waals surface area contributed by atoms with Crippen LogP contribution >= 0.6 is 12.2 Å². The summed E-state index contributed by atoms with van der Waals surface area (Å²) in [7, 11) is 3.36. The molecule has 1 saturated heterocycles. The molecular weight excluding hydrogens is 384 g/mol. The molecule has 3 rings (SSSR count). The fourth-order valence-electron chi connectivity index (χ4n) is 3.34. The summed E-state index contributed by atoms with van der Waals surface area (Å²) in [5.41, 5.74) is 6.86. The summed E-state index contributed by atoms with van der Waals surface area (Å²) in [5, 5.41) is 7.98. The highest BCUT2D eigenvalue weighted by Gasteiger charge is 2.15. The van der Waals surface area contributed by atoms with Crippen LogP contribution in [0.1, 0.15) is 30.9 Å². The maximum Gasteiger partial charge on any atom is 0.191 e. The van der Waals surface area contributed by atoms with Gasteiger partial charge >= 0.3 is 0 Å². The van der Waals surface area contributed by atoms with Crippen LogP contribution in [0.5, 0.6) is 11.5 Å². The fourth-order valence-corrected chi connectivity index (χ4v) is 3.50. The van der Waals surface area contributed by atoms with Crippen molar-refractivity contribution in [3.63, 3.8) is 0 Å². The van der Waals surface area contributed by atoms with Gasteiger partial charge in [0.25, 0.3) is 0 Å². The molecule has 0 spiro atoms. The van der Waals surface area contributed by atoms with E-state index in [0.717, 1.165) is 48.1 Å². The standard InChI is InChI=1S/C22H28N4O2S/c1-16(24-25-22(29)23-19-7-9-20(27-2)10-8-19)17-6-11-21(28-3)18(14-17)15-26-12-4-5-13-26/h6-11,14H,4-5,12-13,15H2,1-3H3,(H2,23,25,29)/b24-16-. The van der Waals surface area contributed by atoms with E-state index in [4.69, 9.17) is 21.7 Å². The summed E-state index contributed by atoms with van der Waals surface area (Å²) in [4.78, 5) is 2.46. The smallest absolute Gasteiger partial charge is 0.191 e. The molecule has 0 aromatic heterocycles. The first-order chi connectivity index (χ1) is 14.1. The molecule has 1 fully saturated rings. The van der Waals surface area contributed by atoms with Crippen LogP contribution in [0.25, 0.3) is 0 Å². The van der Waals surface area contributed by atoms with E-state index in [1.165, 1.54) is 18.4 Å². The number of nitrogens with one attached hydrogen (secondary N) is 2. The van der Waals surface area contributed by atoms with Crippen LogP contribution < -0.4 is 20.2 Å². The first kappa shape index (κ1) is 21.1. The second kappa shape index (κ2) is 10.2. The lowest BCUT2D eigenvalue weighted by molar-refractivity contribution is 0.321. The fraction of sp³-hybridized carbons (Fsp3) is 0.364. The highest BCUT2D eigenvalue weighted by molar-refractivity contribution is 7.80. The van der Waals surface area contributed by atoms with Crippen LogP contribution in [0.4, 0.5) is 5.69 Å². The zero-order valence-electron chi connectivity index (χ0n) is 17.2. The number of benzene rings is 2. The van der Waals surface area contributed by atoms with Crippen molar-refractivity contribution in [1.82, 2.24) is 10.3 Å². The Morgan fingerprint density at radius 2 is 1.79 bits per heavy atom. The monoisotopic (exact) mass is 412 g/mol. The lowest BCUT2D eigenvalue weighted by atomic mass is 10.1. The van der Waals surface area contributed by atoms with Crippen LogP contribution in [0.3, 0.4) is 0 Å². The predicted octanol–water partition coefficient (Wildman–Crippen LogP) is 4.01. The average molecular weight is 413 g/mol. The molecule has 6 nitrogen and oxygen atoms in total. The second-order valence-corrected chi connectivity index (χ2v) is 7.41. The molecule has 0 aliphatic carbocycles. The Balaban J connectivity index is 1.63. The molecule has 1 aliphatic heterocycles. The molecule has 0 radical (unpaired) electrons. The summed E-state index contributed by atoms with van der Waals surface area (Å²) >= 11 is 5.34. The minimum Gasteiger partial charge on any atom is -0.497 e. The van der Waals surface area contributed by atoms with Gasteiger partial charge in [-0.3, -0.25) is 10.3 Å². The van der Waals surface area contributed by atoms with Gasteiger partial charge in [-0.05, 0) is 93.1 Å². The van der Waals surface area contributed by atoms with Crippen molar-refractivity contribution in [3.05, 3.63) is 53.6 Å². The number of likely N-dealkylation sites (tertiary alicyclic amines) is 1. The van der Waals surface area contributed by atoms with Gasteiger partial charge in [-0.1, -0.05) is 0 Å². The molecule has 0 saturated carbocycles. The molecule has 7 heteroatoms. The topological polar surface area (TPSA) is 58.1 Å². The quantitative estimate of drug-likeness (QED) is 0.407. The van der Waals surface area contributed by atoms with E-state index in [1.54, 1.807) is 14.2 Å². The zero-order valence-corrected chi connectivity index (χ0v) is 18.0. The van der Waals surface area contributed by atoms with Gasteiger partial charge in [-0.15, -0.1) is 0 Å². The minimum atomic E-state index is 0.431. The van der Waals surface area contributed by atoms with Crippen molar-refractivity contribution in [1.29, 1.82) is 0 Å². The molecule has 0 atom stereocenters. The predicted molar refractivity (Wildman–Crippen MR) is 122 cm³/mol. The number of thiocarbonyl (C=S) groups is 1. The number of methoxy groups -OCH3 is 2. The number of rotatable bonds is 7. The van der Waals surface area contributed by atoms with E-state index in [2.05, 4.69) is 26.8 Å². The highest BCUT2D eigenvalue weighted by atomic mass is 32.1. The van der Waals surface area contributed by atoms with Gasteiger partial charge in [0.05, 0.1) is 19.9 Å². The third kappa shape index (κ3) is 5.92. The van der Waals surface area contributed by atoms with Gasteiger partial charge in [0.15, 0.2) is 5.11 Å². The van der Waals surface area contributed by atoms with E-state index in [1.807, 2.05) is 43.3 Å². The van der Waals surface area contributed by atoms with Crippen LogP contribution in [0.2, 0.25) is 0 Å². The van der Waals surface area contributed by atoms with Gasteiger partial charge in [0, 0.05) is 17.8 Å². The second-order valence-electron chi connectivity index (χ2n) is 7.00. The van der Waals surface area contributed by atoms with Gasteiger partial charge in [-0.2, -0.15) is 5.10 Å². The Bertz CT molecular complexity index is 862. The number of hydrogen-bond donors (Lipinski definition) is 2. The van der Waals surface area contributed by atoms with Gasteiger partial charge < -0.3 is 14.8 Å². The maximum atomic E-state index is 5.55. The Morgan fingerprint density at radius 1 is 1.07 bits per heavy atom. The average Bonchev–Trinajstić information content (AvgIpc) is 3.25. The molecule has 1 aliphatic rings. The lowest BCUT2D eigenvalue weighted by Gasteiger charge is -2.18. The van der Waals surface area contributed by atoms with Crippen molar-refractivity contribution in [3.8, 4) is 11.5 Å². The Morgan fingerprint density at radius 3 is 2.45 bits per heavy atom. The molecule has 0 bridgehead atoms. The largest absolute Gasteiger partial charge is 0.497 e. The summed E-state index contributed by atoms with van der Waals surface area (Å²) in [6.45, 7) is 5.15. The molecule has 2 N–H and O–H groups in total. The summed E-state index contributed by atoms with van der Waals surface area (Å²) < 4.78 is 10.7. The molecule has 2 aromatic rings. The van der Waals surface area contributed by atoms with Crippen molar-refractivity contribution in [2.45, 2.75) is 26.3 Å². The maximum absolute atomic E-state index is 5.55. The van der Waals surface area contributed by atoms with Crippen LogP contribution in [-0.2, 0) is 6.54 Å². The first-order valence-corrected chi connectivity index (χ1v) is 10.1. The van der Waals surface area contributed by atoms with Gasteiger partial charge in [0.2, 0.25) is 0 Å². The normalized spacial score (nSPS) is 14.5. The van der Waals surface area contributed by atoms with Crippen LogP contribution in [0.15, 0.2) is 47.6 Å². The van der Waals surface area contributed by atoms with E-state index in [0.29, 0.717) is 5.11 Å². The summed E-state index contributed by atoms with van der Waals surface area (Å²) in [6.07, 6.45) is 2.54. The molecule has 0 unspecified atom stereocenters. The first-order valence-electron chi connectivity index (χ1n) is 9.74. The van der Waals surface area contributed by atoms with E-state index in [9.17, 15) is 0 Å². The third-order valence-corrected chi connectivity index (χ3v) is 5.16. The van der Waals surface area contributed by atoms with E-state index < -0.39 is 0 Å². The lowest BCUT2D eigenvalue weighted by Crippen LogP contribution is -2.25. The molecule has 2 aromatic carbocycles. The summed E-state index contributed by atoms with van der Waals surface area (Å²) in [5.74, 6) is 1.71. The van der Waals surface area contributed by atoms with E-state index in [-0.39, 0.29) is 0 Å². The van der Waals surface area contributed by atoms with Gasteiger partial charge in [-0.25, -0.2) is 0 Å². The number of hydrazone groups is 1. The van der Waals surface area contributed by atoms with Gasteiger partial charge in [0.1, 0.15) is 11.5 Å². The highest BCUT2D eigenvalue weighted by Crippen LogP contribution is 2.24. The van der Waals surface area contributed by atoms with Crippen LogP contribution in [0, 0.1) is 0 Å². The third-order valence-electron chi connectivity index (χ3n) is 4.96. The number of anilines is 1. The van der Waals surface area contributed by atoms with Crippen molar-refractivity contribution in [2.24, 2.45) is 5.10 Å². The Labute approximate surface area is 177 Å². The van der Waals surface area contributed by atoms with Crippen molar-refractivity contribution in [2.75, 3.05) is 32.6 Å². The van der Waals surface area contributed by atoms with Crippen LogP contribution in [-0.4, -0.2) is 43.0 Å². The number of ether oxygens (including phenoxy) is 2. The Hall–Kier alpha value is -2.64. The summed E-state index contributed by atoms with van der Waals surface area (Å²) in [6, 6.07) is 13.7. The molecule has 29 heavy (non-hydrogen) atoms. The molecular formula is C22H28N4O2S. The van der Waals surface area contributed by atoms with E-state index >= 15 is 0 Å². The SMILES string of the molecule is COc1ccc(NC(=S)N/N=C(/C)c2ccc(OC)c(CN3CCCC3)c2)cc1. The number of nitrogens with zero attached hydrogens (tertiary/aromatic N) is 2. The number of hydrogen-bond acceptors (Lipinski definition) is 5. The van der Waals surface area contributed by atoms with Crippen molar-refractivity contribution < 1.29 is 9.47 Å². The van der Waals surface area contributed by atoms with Crippen molar-refractivity contribution >= 4 is 28.7 Å². The minimum absolute atomic E-state index is 0.431. The molecule has 0 amide bonds.